The zero-order chi connectivity index (χ0) is 19.3. The van der Waals surface area contributed by atoms with Gasteiger partial charge in [-0.2, -0.15) is 11.3 Å². The molecule has 0 N–H and O–H groups in total. The Balaban J connectivity index is 1.23. The van der Waals surface area contributed by atoms with Crippen LogP contribution in [0.5, 0.6) is 0 Å². The quantitative estimate of drug-likeness (QED) is 0.749. The Morgan fingerprint density at radius 2 is 1.68 bits per heavy atom. The van der Waals surface area contributed by atoms with E-state index in [1.807, 2.05) is 20.6 Å². The van der Waals surface area contributed by atoms with Crippen molar-refractivity contribution in [1.82, 2.24) is 19.7 Å². The van der Waals surface area contributed by atoms with Crippen molar-refractivity contribution in [3.05, 3.63) is 27.9 Å². The molecule has 2 amide bonds. The lowest BCUT2D eigenvalue weighted by molar-refractivity contribution is -0.135. The normalized spacial score (nSPS) is 18.4. The van der Waals surface area contributed by atoms with Gasteiger partial charge in [0.05, 0.1) is 18.7 Å². The summed E-state index contributed by atoms with van der Waals surface area (Å²) >= 11 is 3.24. The molecule has 2 aromatic heterocycles. The van der Waals surface area contributed by atoms with Crippen molar-refractivity contribution in [3.8, 4) is 10.6 Å². The molecule has 0 unspecified atom stereocenters. The third kappa shape index (κ3) is 4.79. The van der Waals surface area contributed by atoms with Crippen molar-refractivity contribution >= 4 is 34.5 Å². The number of piperidine rings is 1. The molecule has 2 aliphatic rings. The number of likely N-dealkylation sites (tertiary alicyclic amines) is 1. The number of piperazine rings is 1. The number of thiophene rings is 1. The van der Waals surface area contributed by atoms with Gasteiger partial charge in [-0.1, -0.05) is 0 Å². The Labute approximate surface area is 173 Å². The second-order valence-electron chi connectivity index (χ2n) is 7.43. The van der Waals surface area contributed by atoms with Crippen molar-refractivity contribution in [2.45, 2.75) is 25.7 Å². The zero-order valence-corrected chi connectivity index (χ0v) is 17.6. The molecule has 0 bridgehead atoms. The fourth-order valence-corrected chi connectivity index (χ4v) is 5.30. The summed E-state index contributed by atoms with van der Waals surface area (Å²) in [7, 11) is 0. The number of thiazole rings is 1. The average Bonchev–Trinajstić information content (AvgIpc) is 3.41. The van der Waals surface area contributed by atoms with Gasteiger partial charge in [0.25, 0.3) is 0 Å². The lowest BCUT2D eigenvalue weighted by atomic mass is 10.1. The van der Waals surface area contributed by atoms with Gasteiger partial charge < -0.3 is 9.80 Å². The van der Waals surface area contributed by atoms with Crippen molar-refractivity contribution in [2.24, 2.45) is 0 Å². The van der Waals surface area contributed by atoms with Crippen LogP contribution >= 0.6 is 22.7 Å². The van der Waals surface area contributed by atoms with Gasteiger partial charge in [-0.3, -0.25) is 14.5 Å². The highest BCUT2D eigenvalue weighted by Crippen LogP contribution is 2.26. The summed E-state index contributed by atoms with van der Waals surface area (Å²) in [4.78, 5) is 35.8. The van der Waals surface area contributed by atoms with Crippen LogP contribution in [0.3, 0.4) is 0 Å². The molecule has 0 spiro atoms. The minimum Gasteiger partial charge on any atom is -0.342 e. The predicted molar refractivity (Wildman–Crippen MR) is 113 cm³/mol. The first-order valence-corrected chi connectivity index (χ1v) is 11.8. The highest BCUT2D eigenvalue weighted by Gasteiger charge is 2.25. The number of carbonyl (C=O) groups is 2. The van der Waals surface area contributed by atoms with E-state index in [0.29, 0.717) is 26.1 Å². The molecule has 0 saturated carbocycles. The third-order valence-corrected chi connectivity index (χ3v) is 7.07. The molecule has 0 aliphatic carbocycles. The number of rotatable bonds is 5. The minimum absolute atomic E-state index is 0.129. The Hall–Kier alpha value is -1.77. The fourth-order valence-electron chi connectivity index (χ4n) is 3.76. The first kappa shape index (κ1) is 19.5. The van der Waals surface area contributed by atoms with E-state index < -0.39 is 0 Å². The summed E-state index contributed by atoms with van der Waals surface area (Å²) in [5.74, 6) is 0.368. The Morgan fingerprint density at radius 1 is 0.929 bits per heavy atom. The van der Waals surface area contributed by atoms with E-state index in [2.05, 4.69) is 21.3 Å². The van der Waals surface area contributed by atoms with Crippen LogP contribution < -0.4 is 0 Å². The predicted octanol–water partition coefficient (Wildman–Crippen LogP) is 2.57. The van der Waals surface area contributed by atoms with E-state index in [4.69, 9.17) is 0 Å². The molecule has 0 radical (unpaired) electrons. The number of nitrogens with zero attached hydrogens (tertiary/aromatic N) is 4. The van der Waals surface area contributed by atoms with Crippen molar-refractivity contribution in [3.63, 3.8) is 0 Å². The number of aromatic nitrogens is 1. The first-order valence-electron chi connectivity index (χ1n) is 9.94. The molecule has 2 saturated heterocycles. The smallest absolute Gasteiger partial charge is 0.236 e. The van der Waals surface area contributed by atoms with Crippen LogP contribution in [0.2, 0.25) is 0 Å². The summed E-state index contributed by atoms with van der Waals surface area (Å²) < 4.78 is 0. The van der Waals surface area contributed by atoms with Crippen LogP contribution in [0.15, 0.2) is 22.2 Å². The lowest BCUT2D eigenvalue weighted by Gasteiger charge is -2.36. The molecular weight excluding hydrogens is 392 g/mol. The molecule has 0 atom stereocenters. The van der Waals surface area contributed by atoms with Gasteiger partial charge >= 0.3 is 0 Å². The Kier molecular flexibility index (Phi) is 6.39. The van der Waals surface area contributed by atoms with E-state index in [1.54, 1.807) is 22.7 Å². The van der Waals surface area contributed by atoms with Crippen LogP contribution in [0.25, 0.3) is 10.6 Å². The minimum atomic E-state index is 0.129. The van der Waals surface area contributed by atoms with Crippen LogP contribution in [0, 0.1) is 0 Å². The summed E-state index contributed by atoms with van der Waals surface area (Å²) in [5, 5.41) is 7.08. The van der Waals surface area contributed by atoms with E-state index in [-0.39, 0.29) is 11.8 Å². The molecule has 150 valence electrons. The number of amides is 2. The average molecular weight is 419 g/mol. The van der Waals surface area contributed by atoms with Crippen LogP contribution in [-0.2, 0) is 16.0 Å². The largest absolute Gasteiger partial charge is 0.342 e. The van der Waals surface area contributed by atoms with Crippen LogP contribution in [0.4, 0.5) is 0 Å². The molecule has 28 heavy (non-hydrogen) atoms. The molecule has 8 heteroatoms. The van der Waals surface area contributed by atoms with Gasteiger partial charge in [-0.05, 0) is 30.7 Å². The highest BCUT2D eigenvalue weighted by atomic mass is 32.1. The molecule has 4 rings (SSSR count). The fraction of sp³-hybridized carbons (Fsp3) is 0.550. The number of hydrogen-bond acceptors (Lipinski definition) is 6. The van der Waals surface area contributed by atoms with Gasteiger partial charge in [0.1, 0.15) is 5.01 Å². The zero-order valence-electron chi connectivity index (χ0n) is 16.0. The molecule has 2 fully saturated rings. The monoisotopic (exact) mass is 418 g/mol. The van der Waals surface area contributed by atoms with Crippen molar-refractivity contribution in [2.75, 3.05) is 45.8 Å². The van der Waals surface area contributed by atoms with Gasteiger partial charge in [-0.15, -0.1) is 11.3 Å². The summed E-state index contributed by atoms with van der Waals surface area (Å²) in [6, 6.07) is 2.06. The van der Waals surface area contributed by atoms with Crippen LogP contribution in [0.1, 0.15) is 25.0 Å². The summed E-state index contributed by atoms with van der Waals surface area (Å²) in [5.41, 5.74) is 1.97. The summed E-state index contributed by atoms with van der Waals surface area (Å²) in [6.07, 6.45) is 3.84. The molecule has 4 heterocycles. The second-order valence-corrected chi connectivity index (χ2v) is 9.07. The van der Waals surface area contributed by atoms with Gasteiger partial charge in [0.2, 0.25) is 11.8 Å². The highest BCUT2D eigenvalue weighted by molar-refractivity contribution is 7.14. The number of hydrogen-bond donors (Lipinski definition) is 0. The molecule has 2 aromatic rings. The maximum absolute atomic E-state index is 12.6. The van der Waals surface area contributed by atoms with E-state index in [0.717, 1.165) is 55.3 Å². The first-order chi connectivity index (χ1) is 13.7. The maximum atomic E-state index is 12.6. The molecular formula is C20H26N4O2S2. The summed E-state index contributed by atoms with van der Waals surface area (Å²) in [6.45, 7) is 5.20. The van der Waals surface area contributed by atoms with Gasteiger partial charge in [0, 0.05) is 55.6 Å². The van der Waals surface area contributed by atoms with Crippen molar-refractivity contribution < 1.29 is 9.59 Å². The second kappa shape index (κ2) is 9.15. The maximum Gasteiger partial charge on any atom is 0.236 e. The van der Waals surface area contributed by atoms with Gasteiger partial charge in [0.15, 0.2) is 0 Å². The molecule has 0 aromatic carbocycles. The van der Waals surface area contributed by atoms with Crippen LogP contribution in [-0.4, -0.2) is 77.3 Å². The van der Waals surface area contributed by atoms with E-state index >= 15 is 0 Å². The molecule has 2 aliphatic heterocycles. The Bertz CT molecular complexity index is 791. The lowest BCUT2D eigenvalue weighted by Crippen LogP contribution is -2.52. The van der Waals surface area contributed by atoms with E-state index in [9.17, 15) is 9.59 Å². The Morgan fingerprint density at radius 3 is 2.39 bits per heavy atom. The van der Waals surface area contributed by atoms with E-state index in [1.165, 1.54) is 6.42 Å². The molecule has 6 nitrogen and oxygen atoms in total. The topological polar surface area (TPSA) is 56.8 Å². The SMILES string of the molecule is O=C(Cc1csc(-c2ccsc2)n1)N1CCN(CC(=O)N2CCCCC2)CC1. The number of carbonyl (C=O) groups excluding carboxylic acids is 2. The third-order valence-electron chi connectivity index (χ3n) is 5.44. The van der Waals surface area contributed by atoms with Crippen molar-refractivity contribution in [1.29, 1.82) is 0 Å². The van der Waals surface area contributed by atoms with Gasteiger partial charge in [-0.25, -0.2) is 4.98 Å². The standard InChI is InChI=1S/C20H26N4O2S2/c25-18(12-17-15-28-20(21-17)16-4-11-27-14-16)24-9-7-22(8-10-24)13-19(26)23-5-2-1-3-6-23/h4,11,14-15H,1-3,5-10,12-13H2.